The van der Waals surface area contributed by atoms with E-state index < -0.39 is 0 Å². The molecule has 4 aliphatic rings. The Bertz CT molecular complexity index is 2620. The van der Waals surface area contributed by atoms with Crippen molar-refractivity contribution in [3.63, 3.8) is 0 Å². The molecular weight excluding hydrogens is 647 g/mol. The average molecular weight is 684 g/mol. The zero-order valence-corrected chi connectivity index (χ0v) is 29.5. The van der Waals surface area contributed by atoms with Gasteiger partial charge in [-0.25, -0.2) is 0 Å². The van der Waals surface area contributed by atoms with Gasteiger partial charge in [-0.15, -0.1) is 11.3 Å². The number of hydrogen-bond acceptors (Lipinski definition) is 2. The third-order valence-corrected chi connectivity index (χ3v) is 13.3. The van der Waals surface area contributed by atoms with E-state index in [1.165, 1.54) is 70.5 Å². The molecule has 3 aliphatic carbocycles. The van der Waals surface area contributed by atoms with E-state index in [4.69, 9.17) is 0 Å². The van der Waals surface area contributed by atoms with Crippen LogP contribution in [-0.4, -0.2) is 6.04 Å². The molecule has 11 rings (SSSR count). The molecule has 0 saturated carbocycles. The molecule has 248 valence electrons. The normalized spacial score (nSPS) is 24.0. The van der Waals surface area contributed by atoms with Crippen LogP contribution in [-0.2, 0) is 0 Å². The van der Waals surface area contributed by atoms with Gasteiger partial charge in [0.2, 0.25) is 0 Å². The van der Waals surface area contributed by atoms with Crippen LogP contribution in [0.25, 0.3) is 25.7 Å². The van der Waals surface area contributed by atoms with Crippen molar-refractivity contribution < 1.29 is 0 Å². The Labute approximate surface area is 309 Å². The van der Waals surface area contributed by atoms with Gasteiger partial charge in [0.05, 0.1) is 6.04 Å². The lowest BCUT2D eigenvalue weighted by molar-refractivity contribution is 0.361. The minimum atomic E-state index is 0.228. The summed E-state index contributed by atoms with van der Waals surface area (Å²) in [6.07, 6.45) is 16.8. The molecule has 2 heteroatoms. The highest BCUT2D eigenvalue weighted by Crippen LogP contribution is 2.55. The Morgan fingerprint density at radius 2 is 1.13 bits per heavy atom. The smallest absolute Gasteiger partial charge is 0.0630 e. The molecule has 0 saturated heterocycles. The SMILES string of the molecule is C1=CC2C(c3ccccc3)c3ccccc3C(c3ccc(N4c5ccccc5C5C=C(c6cccc7c6sc6ccccc67)C=CC54)cc3)C2C=C1. The van der Waals surface area contributed by atoms with Gasteiger partial charge in [0.15, 0.2) is 0 Å². The van der Waals surface area contributed by atoms with E-state index in [0.29, 0.717) is 23.7 Å². The molecule has 0 amide bonds. The molecule has 6 atom stereocenters. The van der Waals surface area contributed by atoms with E-state index in [9.17, 15) is 0 Å². The number of allylic oxidation sites excluding steroid dienone is 6. The first-order chi connectivity index (χ1) is 25.8. The van der Waals surface area contributed by atoms with E-state index in [1.807, 2.05) is 11.3 Å². The van der Waals surface area contributed by atoms with Crippen LogP contribution in [0.3, 0.4) is 0 Å². The second kappa shape index (κ2) is 11.9. The standard InChI is InChI=1S/C50H37NS/c1-2-13-32(14-3-1)48-39-17-4-6-19-41(39)49(42-20-7-5-18-40(42)48)33-25-28-35(29-26-33)51-45-23-10-8-15-37(45)44-31-34(27-30-46(44)51)36-21-12-22-43-38-16-9-11-24-47(38)52-50(36)43/h1-31,39,41,44,46,48-49H. The summed E-state index contributed by atoms with van der Waals surface area (Å²) in [5, 5.41) is 2.70. The van der Waals surface area contributed by atoms with Gasteiger partial charge >= 0.3 is 0 Å². The fourth-order valence-corrected chi connectivity index (χ4v) is 11.1. The maximum atomic E-state index is 2.57. The zero-order chi connectivity index (χ0) is 34.2. The van der Waals surface area contributed by atoms with Crippen molar-refractivity contribution in [2.75, 3.05) is 4.90 Å². The summed E-state index contributed by atoms with van der Waals surface area (Å²) in [4.78, 5) is 2.57. The molecule has 0 radical (unpaired) electrons. The van der Waals surface area contributed by atoms with Crippen LogP contribution in [0.5, 0.6) is 0 Å². The lowest BCUT2D eigenvalue weighted by Crippen LogP contribution is -2.33. The lowest BCUT2D eigenvalue weighted by atomic mass is 9.59. The predicted molar refractivity (Wildman–Crippen MR) is 220 cm³/mol. The van der Waals surface area contributed by atoms with Crippen LogP contribution in [0.1, 0.15) is 51.1 Å². The Morgan fingerprint density at radius 3 is 1.90 bits per heavy atom. The minimum Gasteiger partial charge on any atom is -0.333 e. The van der Waals surface area contributed by atoms with E-state index >= 15 is 0 Å². The van der Waals surface area contributed by atoms with Crippen molar-refractivity contribution in [2.24, 2.45) is 11.8 Å². The number of hydrogen-bond donors (Lipinski definition) is 0. The molecule has 0 bridgehead atoms. The summed E-state index contributed by atoms with van der Waals surface area (Å²) in [5.41, 5.74) is 12.3. The van der Waals surface area contributed by atoms with Crippen molar-refractivity contribution in [1.82, 2.24) is 0 Å². The van der Waals surface area contributed by atoms with Gasteiger partial charge in [-0.3, -0.25) is 0 Å². The van der Waals surface area contributed by atoms with Crippen LogP contribution < -0.4 is 4.90 Å². The number of fused-ring (bicyclic) bond motifs is 8. The predicted octanol–water partition coefficient (Wildman–Crippen LogP) is 12.9. The highest BCUT2D eigenvalue weighted by atomic mass is 32.1. The van der Waals surface area contributed by atoms with Crippen LogP contribution in [0.15, 0.2) is 188 Å². The molecular formula is C50H37NS. The van der Waals surface area contributed by atoms with Crippen molar-refractivity contribution in [3.05, 3.63) is 222 Å². The summed E-state index contributed by atoms with van der Waals surface area (Å²) in [6, 6.07) is 54.8. The highest BCUT2D eigenvalue weighted by Gasteiger charge is 2.43. The van der Waals surface area contributed by atoms with Gasteiger partial charge in [-0.05, 0) is 75.1 Å². The van der Waals surface area contributed by atoms with Crippen LogP contribution in [0, 0.1) is 11.8 Å². The van der Waals surface area contributed by atoms with Crippen molar-refractivity contribution in [1.29, 1.82) is 0 Å². The van der Waals surface area contributed by atoms with Crippen LogP contribution >= 0.6 is 11.3 Å². The van der Waals surface area contributed by atoms with E-state index in [1.54, 1.807) is 0 Å². The molecule has 1 aliphatic heterocycles. The average Bonchev–Trinajstić information content (AvgIpc) is 3.76. The maximum Gasteiger partial charge on any atom is 0.0630 e. The molecule has 1 aromatic heterocycles. The molecule has 1 nitrogen and oxygen atoms in total. The molecule has 0 spiro atoms. The molecule has 2 heterocycles. The van der Waals surface area contributed by atoms with E-state index in [2.05, 4.69) is 193 Å². The number of benzene rings is 6. The van der Waals surface area contributed by atoms with Gasteiger partial charge in [-0.2, -0.15) is 0 Å². The second-order valence-corrected chi connectivity index (χ2v) is 15.8. The minimum absolute atomic E-state index is 0.228. The summed E-state index contributed by atoms with van der Waals surface area (Å²) in [5.74, 6) is 1.72. The van der Waals surface area contributed by atoms with Crippen LogP contribution in [0.2, 0.25) is 0 Å². The molecule has 6 unspecified atom stereocenters. The third kappa shape index (κ3) is 4.54. The van der Waals surface area contributed by atoms with Crippen molar-refractivity contribution in [3.8, 4) is 0 Å². The van der Waals surface area contributed by atoms with Gasteiger partial charge < -0.3 is 4.90 Å². The Morgan fingerprint density at radius 1 is 0.500 bits per heavy atom. The van der Waals surface area contributed by atoms with E-state index in [0.717, 1.165) is 0 Å². The van der Waals surface area contributed by atoms with Crippen LogP contribution in [0.4, 0.5) is 11.4 Å². The number of nitrogens with zero attached hydrogens (tertiary/aromatic N) is 1. The first kappa shape index (κ1) is 30.0. The van der Waals surface area contributed by atoms with Gasteiger partial charge in [-0.1, -0.05) is 164 Å². The topological polar surface area (TPSA) is 3.24 Å². The summed E-state index contributed by atoms with van der Waals surface area (Å²) in [7, 11) is 0. The summed E-state index contributed by atoms with van der Waals surface area (Å²) >= 11 is 1.91. The fraction of sp³-hybridized carbons (Fsp3) is 0.120. The number of para-hydroxylation sites is 1. The summed E-state index contributed by atoms with van der Waals surface area (Å²) < 4.78 is 2.73. The molecule has 7 aromatic rings. The first-order valence-electron chi connectivity index (χ1n) is 18.6. The maximum absolute atomic E-state index is 2.57. The first-order valence-corrected chi connectivity index (χ1v) is 19.4. The zero-order valence-electron chi connectivity index (χ0n) is 28.7. The lowest BCUT2D eigenvalue weighted by Gasteiger charge is -2.44. The molecule has 0 fully saturated rings. The monoisotopic (exact) mass is 683 g/mol. The third-order valence-electron chi connectivity index (χ3n) is 12.1. The van der Waals surface area contributed by atoms with Gasteiger partial charge in [0.25, 0.3) is 0 Å². The fourth-order valence-electron chi connectivity index (χ4n) is 9.91. The molecule has 0 N–H and O–H groups in total. The number of anilines is 2. The Kier molecular flexibility index (Phi) is 6.88. The van der Waals surface area contributed by atoms with Crippen molar-refractivity contribution in [2.45, 2.75) is 23.8 Å². The summed E-state index contributed by atoms with van der Waals surface area (Å²) in [6.45, 7) is 0. The molecule has 52 heavy (non-hydrogen) atoms. The Hall–Kier alpha value is -5.70. The number of rotatable bonds is 4. The second-order valence-electron chi connectivity index (χ2n) is 14.7. The Balaban J connectivity index is 0.962. The number of thiophene rings is 1. The van der Waals surface area contributed by atoms with Gasteiger partial charge in [0, 0.05) is 49.3 Å². The molecule has 6 aromatic carbocycles. The van der Waals surface area contributed by atoms with Gasteiger partial charge in [0.1, 0.15) is 0 Å². The largest absolute Gasteiger partial charge is 0.333 e. The van der Waals surface area contributed by atoms with E-state index in [-0.39, 0.29) is 12.0 Å². The quantitative estimate of drug-likeness (QED) is 0.178. The highest BCUT2D eigenvalue weighted by molar-refractivity contribution is 7.26. The van der Waals surface area contributed by atoms with Crippen molar-refractivity contribution >= 4 is 48.5 Å².